The van der Waals surface area contributed by atoms with E-state index in [9.17, 15) is 68.4 Å². The minimum Gasteiger partial charge on any atom is -0.508 e. The first-order valence-electron chi connectivity index (χ1n) is 33.6. The molecule has 0 spiro atoms. The number of phenolic OH excluding ortho intramolecular Hbond substituents is 2. The number of hydrogen-bond acceptors (Lipinski definition) is 23. The van der Waals surface area contributed by atoms with E-state index >= 15 is 4.79 Å². The number of Topliss-reactive ketones (excluding diaryl/α,β-unsaturated/α-hetero) is 4. The molecular weight excluding hydrogens is 1310 g/mol. The van der Waals surface area contributed by atoms with Crippen LogP contribution in [0, 0.1) is 23.7 Å². The number of ketones is 4. The Morgan fingerprint density at radius 1 is 0.763 bits per heavy atom. The van der Waals surface area contributed by atoms with Gasteiger partial charge in [-0.15, -0.1) is 0 Å². The third-order valence-corrected chi connectivity index (χ3v) is 20.3. The minimum absolute atomic E-state index is 0.0225. The number of halogens is 1. The average Bonchev–Trinajstić information content (AvgIpc) is 1.70. The lowest BCUT2D eigenvalue weighted by Gasteiger charge is -2.37. The highest BCUT2D eigenvalue weighted by atomic mass is 35.5. The van der Waals surface area contributed by atoms with E-state index in [1.165, 1.54) is 30.3 Å². The number of benzene rings is 2. The van der Waals surface area contributed by atoms with Crippen LogP contribution in [-0.2, 0) is 65.6 Å². The number of carbonyl (C=O) groups excluding carboxylic acids is 10. The van der Waals surface area contributed by atoms with Crippen molar-refractivity contribution < 1.29 is 73.2 Å². The van der Waals surface area contributed by atoms with Crippen LogP contribution in [0.5, 0.6) is 11.5 Å². The van der Waals surface area contributed by atoms with Gasteiger partial charge in [0, 0.05) is 166 Å². The van der Waals surface area contributed by atoms with Gasteiger partial charge in [0.15, 0.2) is 23.1 Å². The molecular formula is C66H100ClN13O15S2. The number of rotatable bonds is 22. The molecule has 97 heavy (non-hydrogen) atoms. The molecule has 8 atom stereocenters. The summed E-state index contributed by atoms with van der Waals surface area (Å²) in [7, 11) is 2.11. The van der Waals surface area contributed by atoms with E-state index in [1.54, 1.807) is 19.1 Å². The molecule has 7 rings (SSSR count). The Labute approximate surface area is 579 Å². The average molecular weight is 1420 g/mol. The summed E-state index contributed by atoms with van der Waals surface area (Å²) in [5.74, 6) is -11.7. The van der Waals surface area contributed by atoms with Crippen molar-refractivity contribution in [3.05, 3.63) is 58.6 Å². The molecule has 0 aromatic heterocycles. The smallest absolute Gasteiger partial charge is 0.303 e. The quantitative estimate of drug-likeness (QED) is 0.0653. The lowest BCUT2D eigenvalue weighted by molar-refractivity contribution is -0.142. The number of amides is 6. The first-order chi connectivity index (χ1) is 46.2. The molecule has 5 aliphatic rings. The Bertz CT molecular complexity index is 2980. The fourth-order valence-corrected chi connectivity index (χ4v) is 14.9. The monoisotopic (exact) mass is 1410 g/mol. The largest absolute Gasteiger partial charge is 0.508 e. The molecule has 0 unspecified atom stereocenters. The number of fused-ring (bicyclic) bond motifs is 16. The van der Waals surface area contributed by atoms with Gasteiger partial charge in [-0.1, -0.05) is 72.2 Å². The Kier molecular flexibility index (Phi) is 32.9. The number of phenols is 2. The Hall–Kier alpha value is -6.32. The summed E-state index contributed by atoms with van der Waals surface area (Å²) in [5.41, 5.74) is 6.42. The Morgan fingerprint density at radius 3 is 1.96 bits per heavy atom. The first kappa shape index (κ1) is 79.7. The van der Waals surface area contributed by atoms with Gasteiger partial charge in [-0.2, -0.15) is 0 Å². The van der Waals surface area contributed by atoms with E-state index in [4.69, 9.17) is 17.3 Å². The van der Waals surface area contributed by atoms with E-state index in [0.717, 1.165) is 26.5 Å². The molecule has 2 aromatic rings. The highest BCUT2D eigenvalue weighted by Gasteiger charge is 2.44. The second-order valence-electron chi connectivity index (χ2n) is 26.4. The number of aliphatic carboxylic acids is 1. The number of aliphatic hydroxyl groups excluding tert-OH is 1. The van der Waals surface area contributed by atoms with Crippen LogP contribution in [0.4, 0.5) is 0 Å². The molecule has 17 N–H and O–H groups in total. The van der Waals surface area contributed by atoms with Crippen molar-refractivity contribution in [1.82, 2.24) is 63.4 Å². The van der Waals surface area contributed by atoms with E-state index in [0.29, 0.717) is 89.7 Å². The van der Waals surface area contributed by atoms with Gasteiger partial charge in [0.25, 0.3) is 0 Å². The second-order valence-corrected chi connectivity index (χ2v) is 29.4. The van der Waals surface area contributed by atoms with Crippen LogP contribution >= 0.6 is 33.2 Å². The minimum atomic E-state index is -1.55. The highest BCUT2D eigenvalue weighted by molar-refractivity contribution is 8.76. The van der Waals surface area contributed by atoms with Gasteiger partial charge in [-0.05, 0) is 73.4 Å². The molecule has 5 aliphatic heterocycles. The topological polar surface area (TPSA) is 430 Å². The van der Waals surface area contributed by atoms with Crippen molar-refractivity contribution in [1.29, 1.82) is 0 Å². The van der Waals surface area contributed by atoms with E-state index < -0.39 is 151 Å². The van der Waals surface area contributed by atoms with Crippen LogP contribution in [0.1, 0.15) is 103 Å². The number of carboxylic acid groups (broad SMARTS) is 1. The van der Waals surface area contributed by atoms with Gasteiger partial charge >= 0.3 is 5.97 Å². The molecule has 31 heteroatoms. The fourth-order valence-electron chi connectivity index (χ4n) is 12.3. The lowest BCUT2D eigenvalue weighted by atomic mass is 9.89. The fraction of sp³-hybridized carbons (Fsp3) is 0.652. The normalized spacial score (nSPS) is 25.8. The lowest BCUT2D eigenvalue weighted by Crippen LogP contribution is -2.67. The number of aromatic hydroxyl groups is 2. The SMILES string of the molecule is CCC(=O)[C@@H]1CSSC[C@H](NC(=O)[C@@H](CCC(=O)O)CC(=O)[C@H](Cc2ccc(O)cc2)NC(=O)CCCC(=O)N[C@]23CNCCNC[C@](N)(CNCCNC2)CNCCNC3)C(=O)N2C[C@H](O)C[C@H]2C(=O)C[C@@H](Cc2ccc(O)c(Cl)c2)C(=O)NCC(=O)C[C@@H](CC(C)C)C(=O)N1. The van der Waals surface area contributed by atoms with E-state index in [-0.39, 0.29) is 103 Å². The molecule has 2 aromatic carbocycles. The highest BCUT2D eigenvalue weighted by Crippen LogP contribution is 2.31. The van der Waals surface area contributed by atoms with Crippen molar-refractivity contribution >= 4 is 97.7 Å². The van der Waals surface area contributed by atoms with Crippen LogP contribution in [0.2, 0.25) is 5.02 Å². The van der Waals surface area contributed by atoms with Gasteiger partial charge in [-0.3, -0.25) is 52.7 Å². The molecule has 538 valence electrons. The molecule has 0 radical (unpaired) electrons. The predicted octanol–water partition coefficient (Wildman–Crippen LogP) is -0.632. The van der Waals surface area contributed by atoms with Gasteiger partial charge in [-0.25, -0.2) is 0 Å². The summed E-state index contributed by atoms with van der Waals surface area (Å²) >= 11 is 6.25. The number of carbonyl (C=O) groups is 11. The summed E-state index contributed by atoms with van der Waals surface area (Å²) in [6.07, 6.45) is -4.17. The summed E-state index contributed by atoms with van der Waals surface area (Å²) < 4.78 is 0. The number of nitrogens with one attached hydrogen (secondary N) is 11. The van der Waals surface area contributed by atoms with Crippen LogP contribution in [0.25, 0.3) is 0 Å². The zero-order chi connectivity index (χ0) is 70.7. The van der Waals surface area contributed by atoms with Gasteiger partial charge in [0.1, 0.15) is 17.5 Å². The number of nitrogens with two attached hydrogens (primary N) is 1. The van der Waals surface area contributed by atoms with Crippen molar-refractivity contribution in [2.45, 2.75) is 146 Å². The number of aliphatic hydroxyl groups is 1. The summed E-state index contributed by atoms with van der Waals surface area (Å²) in [5, 5.41) is 76.3. The molecule has 6 amide bonds. The number of nitrogens with zero attached hydrogens (tertiary/aromatic N) is 1. The third kappa shape index (κ3) is 27.0. The van der Waals surface area contributed by atoms with Crippen LogP contribution in [0.3, 0.4) is 0 Å². The molecule has 5 fully saturated rings. The molecule has 2 bridgehead atoms. The van der Waals surface area contributed by atoms with Gasteiger partial charge < -0.3 is 89.5 Å². The molecule has 5 saturated heterocycles. The number of carboxylic acids is 1. The summed E-state index contributed by atoms with van der Waals surface area (Å²) in [6, 6.07) is 4.80. The Morgan fingerprint density at radius 2 is 1.36 bits per heavy atom. The van der Waals surface area contributed by atoms with Crippen molar-refractivity contribution in [2.75, 3.05) is 103 Å². The summed E-state index contributed by atoms with van der Waals surface area (Å²) in [4.78, 5) is 156. The van der Waals surface area contributed by atoms with Crippen molar-refractivity contribution in [3.8, 4) is 11.5 Å². The van der Waals surface area contributed by atoms with E-state index in [2.05, 4.69) is 58.5 Å². The van der Waals surface area contributed by atoms with Crippen molar-refractivity contribution in [2.24, 2.45) is 29.4 Å². The molecule has 0 aliphatic carbocycles. The van der Waals surface area contributed by atoms with Crippen LogP contribution < -0.4 is 64.2 Å². The standard InChI is InChI=1S/C66H100ClN13O15S2/c1-4-54(84)51-32-96-97-33-52(64(95)80-31-48(83)29-53(80)57(87)28-45(23-42-10-14-55(85)49(67)24-42)61(92)75-30-47(82)26-44(22-40(2)3)63(94)77-51)78-62(93)43(11-15-60(90)91)27-56(86)50(25-41-8-12-46(81)13-9-41)76-58(88)6-5-7-59(89)79-66-37-72-19-16-69-34-65(68,35-70-17-20-73-38-66)36-71-18-21-74-39-66/h8-10,12-14,24,40,43-45,48,50-53,69-74,81,83,85H,4-7,11,15-23,25-39,68H2,1-3H3,(H,75,92)(H,76,88)(H,77,94)(H,78,93)(H,79,89)(H,90,91)/t43-,44+,45+,48+,50-,51-,52-,53-,65-,66+/m0/s1. The van der Waals surface area contributed by atoms with Crippen LogP contribution in [0.15, 0.2) is 42.5 Å². The maximum absolute atomic E-state index is 15.1. The predicted molar refractivity (Wildman–Crippen MR) is 368 cm³/mol. The van der Waals surface area contributed by atoms with Crippen LogP contribution in [-0.4, -0.2) is 234 Å². The maximum Gasteiger partial charge on any atom is 0.303 e. The summed E-state index contributed by atoms with van der Waals surface area (Å²) in [6.45, 7) is 11.2. The van der Waals surface area contributed by atoms with E-state index in [1.807, 2.05) is 13.8 Å². The number of hydrogen-bond donors (Lipinski definition) is 16. The maximum atomic E-state index is 15.1. The van der Waals surface area contributed by atoms with Gasteiger partial charge in [0.05, 0.1) is 46.9 Å². The molecule has 28 nitrogen and oxygen atoms in total. The second kappa shape index (κ2) is 40.1. The van der Waals surface area contributed by atoms with Gasteiger partial charge in [0.2, 0.25) is 35.4 Å². The zero-order valence-corrected chi connectivity index (χ0v) is 58.1. The zero-order valence-electron chi connectivity index (χ0n) is 55.7. The first-order valence-corrected chi connectivity index (χ1v) is 36.4. The Balaban J connectivity index is 1.23. The van der Waals surface area contributed by atoms with Crippen molar-refractivity contribution in [3.63, 3.8) is 0 Å². The molecule has 0 saturated carbocycles. The third-order valence-electron chi connectivity index (χ3n) is 17.6. The molecule has 5 heterocycles.